The molecule has 0 aromatic carbocycles. The Morgan fingerprint density at radius 1 is 1.24 bits per heavy atom. The number of ether oxygens (including phenoxy) is 1. The van der Waals surface area contributed by atoms with E-state index < -0.39 is 11.7 Å². The lowest BCUT2D eigenvalue weighted by molar-refractivity contribution is 0.0305. The molecule has 1 N–H and O–H groups in total. The number of carbonyl (C=O) groups is 1. The average Bonchev–Trinajstić information content (AvgIpc) is 2.36. The molecule has 0 saturated carbocycles. The third-order valence-electron chi connectivity index (χ3n) is 2.29. The molecule has 0 atom stereocenters. The third kappa shape index (κ3) is 5.73. The minimum absolute atomic E-state index is 0.0593. The van der Waals surface area contributed by atoms with E-state index in [1.165, 1.54) is 4.90 Å². The SMILES string of the molecule is CN(CCNc1c(Cl)nnc(Cl)c1Cl)C(=O)OC(C)(C)C. The first-order chi connectivity index (χ1) is 9.61. The molecule has 0 spiro atoms. The highest BCUT2D eigenvalue weighted by molar-refractivity contribution is 6.44. The van der Waals surface area contributed by atoms with Crippen molar-refractivity contribution in [1.82, 2.24) is 15.1 Å². The minimum Gasteiger partial charge on any atom is -0.444 e. The molecular weight excluding hydrogens is 339 g/mol. The molecular formula is C12H17Cl3N4O2. The van der Waals surface area contributed by atoms with Gasteiger partial charge in [0.1, 0.15) is 10.6 Å². The molecule has 118 valence electrons. The maximum atomic E-state index is 11.8. The number of halogens is 3. The average molecular weight is 356 g/mol. The number of nitrogens with one attached hydrogen (secondary N) is 1. The van der Waals surface area contributed by atoms with Gasteiger partial charge in [-0.3, -0.25) is 0 Å². The predicted octanol–water partition coefficient (Wildman–Crippen LogP) is 3.72. The van der Waals surface area contributed by atoms with Gasteiger partial charge in [0, 0.05) is 20.1 Å². The van der Waals surface area contributed by atoms with Crippen LogP contribution in [0, 0.1) is 0 Å². The first-order valence-electron chi connectivity index (χ1n) is 6.17. The van der Waals surface area contributed by atoms with Crippen LogP contribution < -0.4 is 5.32 Å². The van der Waals surface area contributed by atoms with Crippen molar-refractivity contribution >= 4 is 46.6 Å². The number of rotatable bonds is 4. The summed E-state index contributed by atoms with van der Waals surface area (Å²) in [4.78, 5) is 13.2. The van der Waals surface area contributed by atoms with Crippen LogP contribution in [-0.4, -0.2) is 46.9 Å². The summed E-state index contributed by atoms with van der Waals surface area (Å²) >= 11 is 17.6. The van der Waals surface area contributed by atoms with Gasteiger partial charge in [0.15, 0.2) is 10.3 Å². The molecule has 0 radical (unpaired) electrons. The zero-order valence-electron chi connectivity index (χ0n) is 12.2. The fourth-order valence-corrected chi connectivity index (χ4v) is 1.88. The number of hydrogen-bond donors (Lipinski definition) is 1. The highest BCUT2D eigenvalue weighted by Crippen LogP contribution is 2.32. The first kappa shape index (κ1) is 18.1. The zero-order valence-corrected chi connectivity index (χ0v) is 14.5. The number of amides is 1. The Hall–Kier alpha value is -0.980. The van der Waals surface area contributed by atoms with Crippen molar-refractivity contribution in [3.63, 3.8) is 0 Å². The van der Waals surface area contributed by atoms with Crippen molar-refractivity contribution in [1.29, 1.82) is 0 Å². The van der Waals surface area contributed by atoms with Crippen LogP contribution in [0.2, 0.25) is 15.3 Å². The number of aromatic nitrogens is 2. The fraction of sp³-hybridized carbons (Fsp3) is 0.583. The fourth-order valence-electron chi connectivity index (χ4n) is 1.31. The minimum atomic E-state index is -0.534. The summed E-state index contributed by atoms with van der Waals surface area (Å²) in [5.41, 5.74) is -0.149. The summed E-state index contributed by atoms with van der Waals surface area (Å²) < 4.78 is 5.23. The summed E-state index contributed by atoms with van der Waals surface area (Å²) in [5.74, 6) is 0. The van der Waals surface area contributed by atoms with Gasteiger partial charge in [0.2, 0.25) is 0 Å². The standard InChI is InChI=1S/C12H17Cl3N4O2/c1-12(2,3)21-11(20)19(4)6-5-16-8-7(13)9(14)17-18-10(8)15/h5-6H2,1-4H3,(H,16,17). The molecule has 9 heteroatoms. The summed E-state index contributed by atoms with van der Waals surface area (Å²) in [5, 5.41) is 10.6. The molecule has 0 unspecified atom stereocenters. The quantitative estimate of drug-likeness (QED) is 0.891. The van der Waals surface area contributed by atoms with Crippen molar-refractivity contribution in [2.24, 2.45) is 0 Å². The Balaban J connectivity index is 2.54. The highest BCUT2D eigenvalue weighted by atomic mass is 35.5. The molecule has 0 aliphatic heterocycles. The van der Waals surface area contributed by atoms with Gasteiger partial charge in [-0.15, -0.1) is 10.2 Å². The van der Waals surface area contributed by atoms with Crippen LogP contribution in [0.3, 0.4) is 0 Å². The van der Waals surface area contributed by atoms with Gasteiger partial charge in [0.25, 0.3) is 0 Å². The van der Waals surface area contributed by atoms with E-state index in [1.54, 1.807) is 27.8 Å². The molecule has 0 aliphatic rings. The van der Waals surface area contributed by atoms with Crippen LogP contribution in [0.15, 0.2) is 0 Å². The van der Waals surface area contributed by atoms with Gasteiger partial charge < -0.3 is 15.0 Å². The first-order valence-corrected chi connectivity index (χ1v) is 7.30. The Kier molecular flexibility index (Phi) is 6.31. The van der Waals surface area contributed by atoms with E-state index in [1.807, 2.05) is 0 Å². The number of hydrogen-bond acceptors (Lipinski definition) is 5. The maximum Gasteiger partial charge on any atom is 0.410 e. The molecule has 1 rings (SSSR count). The molecule has 0 saturated heterocycles. The van der Waals surface area contributed by atoms with Crippen molar-refractivity contribution in [2.75, 3.05) is 25.5 Å². The Bertz CT molecular complexity index is 520. The number of carbonyl (C=O) groups excluding carboxylic acids is 1. The van der Waals surface area contributed by atoms with Gasteiger partial charge in [0.05, 0.1) is 5.69 Å². The molecule has 0 fully saturated rings. The van der Waals surface area contributed by atoms with Crippen LogP contribution in [0.25, 0.3) is 0 Å². The van der Waals surface area contributed by atoms with Crippen LogP contribution in [0.1, 0.15) is 20.8 Å². The van der Waals surface area contributed by atoms with Gasteiger partial charge in [-0.25, -0.2) is 4.79 Å². The van der Waals surface area contributed by atoms with Crippen LogP contribution in [-0.2, 0) is 4.74 Å². The lowest BCUT2D eigenvalue weighted by Gasteiger charge is -2.24. The molecule has 1 aromatic heterocycles. The van der Waals surface area contributed by atoms with Crippen molar-refractivity contribution in [3.05, 3.63) is 15.3 Å². The van der Waals surface area contributed by atoms with E-state index in [9.17, 15) is 4.79 Å². The van der Waals surface area contributed by atoms with E-state index in [2.05, 4.69) is 15.5 Å². The number of nitrogens with zero attached hydrogens (tertiary/aromatic N) is 3. The highest BCUT2D eigenvalue weighted by Gasteiger charge is 2.19. The third-order valence-corrected chi connectivity index (χ3v) is 3.28. The molecule has 6 nitrogen and oxygen atoms in total. The Morgan fingerprint density at radius 2 is 1.81 bits per heavy atom. The normalized spacial score (nSPS) is 11.2. The Morgan fingerprint density at radius 3 is 2.38 bits per heavy atom. The van der Waals surface area contributed by atoms with Crippen molar-refractivity contribution in [3.8, 4) is 0 Å². The second kappa shape index (κ2) is 7.33. The lowest BCUT2D eigenvalue weighted by atomic mass is 10.2. The summed E-state index contributed by atoms with van der Waals surface area (Å²) in [6.45, 7) is 6.21. The van der Waals surface area contributed by atoms with E-state index in [-0.39, 0.29) is 15.3 Å². The second-order valence-electron chi connectivity index (χ2n) is 5.30. The molecule has 1 amide bonds. The smallest absolute Gasteiger partial charge is 0.410 e. The summed E-state index contributed by atoms with van der Waals surface area (Å²) in [6.07, 6.45) is -0.410. The van der Waals surface area contributed by atoms with E-state index >= 15 is 0 Å². The number of likely N-dealkylation sites (N-methyl/N-ethyl adjacent to an activating group) is 1. The summed E-state index contributed by atoms with van der Waals surface area (Å²) in [7, 11) is 1.64. The topological polar surface area (TPSA) is 67.3 Å². The number of anilines is 1. The van der Waals surface area contributed by atoms with Crippen molar-refractivity contribution < 1.29 is 9.53 Å². The monoisotopic (exact) mass is 354 g/mol. The van der Waals surface area contributed by atoms with Gasteiger partial charge in [-0.2, -0.15) is 0 Å². The van der Waals surface area contributed by atoms with E-state index in [0.717, 1.165) is 0 Å². The predicted molar refractivity (Wildman–Crippen MR) is 84.4 cm³/mol. The molecule has 0 aliphatic carbocycles. The van der Waals surface area contributed by atoms with Gasteiger partial charge in [-0.05, 0) is 20.8 Å². The van der Waals surface area contributed by atoms with Gasteiger partial charge >= 0.3 is 6.09 Å². The van der Waals surface area contributed by atoms with Crippen LogP contribution in [0.4, 0.5) is 10.5 Å². The largest absolute Gasteiger partial charge is 0.444 e. The van der Waals surface area contributed by atoms with E-state index in [0.29, 0.717) is 18.8 Å². The molecule has 1 heterocycles. The lowest BCUT2D eigenvalue weighted by Crippen LogP contribution is -2.36. The van der Waals surface area contributed by atoms with Gasteiger partial charge in [-0.1, -0.05) is 34.8 Å². The van der Waals surface area contributed by atoms with E-state index in [4.69, 9.17) is 39.5 Å². The van der Waals surface area contributed by atoms with Crippen molar-refractivity contribution in [2.45, 2.75) is 26.4 Å². The molecule has 0 bridgehead atoms. The summed E-state index contributed by atoms with van der Waals surface area (Å²) in [6, 6.07) is 0. The molecule has 1 aromatic rings. The molecule has 21 heavy (non-hydrogen) atoms. The van der Waals surface area contributed by atoms with Crippen LogP contribution in [0.5, 0.6) is 0 Å². The Labute approximate surface area is 138 Å². The van der Waals surface area contributed by atoms with Crippen LogP contribution >= 0.6 is 34.8 Å². The second-order valence-corrected chi connectivity index (χ2v) is 6.39. The zero-order chi connectivity index (χ0) is 16.2. The maximum absolute atomic E-state index is 11.8.